The number of piperazine rings is 1. The summed E-state index contributed by atoms with van der Waals surface area (Å²) in [5, 5.41) is 11.1. The van der Waals surface area contributed by atoms with Crippen LogP contribution in [0.1, 0.15) is 111 Å². The van der Waals surface area contributed by atoms with Crippen LogP contribution in [0.15, 0.2) is 42.5 Å². The van der Waals surface area contributed by atoms with Crippen molar-refractivity contribution in [2.45, 2.75) is 118 Å². The molecule has 8 heteroatoms. The number of amides is 1. The van der Waals surface area contributed by atoms with E-state index >= 15 is 0 Å². The highest BCUT2D eigenvalue weighted by molar-refractivity contribution is 6.32. The van der Waals surface area contributed by atoms with Crippen LogP contribution in [0.25, 0.3) is 0 Å². The summed E-state index contributed by atoms with van der Waals surface area (Å²) in [5.41, 5.74) is 2.33. The lowest BCUT2D eigenvalue weighted by atomic mass is 9.32. The van der Waals surface area contributed by atoms with Crippen molar-refractivity contribution in [3.63, 3.8) is 0 Å². The molecule has 6 aliphatic rings. The number of hydrogen-bond acceptors (Lipinski definition) is 7. The average Bonchev–Trinajstić information content (AvgIpc) is 3.55. The second-order valence-corrected chi connectivity index (χ2v) is 19.9. The van der Waals surface area contributed by atoms with Crippen LogP contribution in [0.4, 0.5) is 0 Å². The Balaban J connectivity index is 0.965. The van der Waals surface area contributed by atoms with Crippen molar-refractivity contribution in [2.75, 3.05) is 45.9 Å². The van der Waals surface area contributed by atoms with E-state index in [0.29, 0.717) is 69.4 Å². The topological polar surface area (TPSA) is 96.4 Å². The van der Waals surface area contributed by atoms with Crippen LogP contribution in [0.2, 0.25) is 0 Å². The molecule has 298 valence electrons. The number of ether oxygens (including phenoxy) is 2. The van der Waals surface area contributed by atoms with Gasteiger partial charge in [-0.05, 0) is 128 Å². The molecule has 1 saturated heterocycles. The van der Waals surface area contributed by atoms with Gasteiger partial charge in [-0.1, -0.05) is 77.1 Å². The van der Waals surface area contributed by atoms with Crippen molar-refractivity contribution in [3.05, 3.63) is 48.0 Å². The molecule has 1 aromatic rings. The van der Waals surface area contributed by atoms with E-state index in [-0.39, 0.29) is 46.3 Å². The van der Waals surface area contributed by atoms with Gasteiger partial charge in [0.15, 0.2) is 0 Å². The van der Waals surface area contributed by atoms with Crippen molar-refractivity contribution in [1.29, 1.82) is 0 Å². The lowest BCUT2D eigenvalue weighted by Crippen LogP contribution is -2.67. The van der Waals surface area contributed by atoms with Gasteiger partial charge in [-0.3, -0.25) is 14.5 Å². The van der Waals surface area contributed by atoms with Crippen LogP contribution in [0, 0.1) is 56.7 Å². The summed E-state index contributed by atoms with van der Waals surface area (Å²) in [6.07, 6.45) is 11.0. The van der Waals surface area contributed by atoms with Gasteiger partial charge in [-0.25, -0.2) is 4.79 Å². The highest BCUT2D eigenvalue weighted by atomic mass is 16.5. The van der Waals surface area contributed by atoms with E-state index < -0.39 is 17.3 Å². The van der Waals surface area contributed by atoms with Gasteiger partial charge in [0.2, 0.25) is 0 Å². The monoisotopic (exact) mass is 745 g/mol. The lowest BCUT2D eigenvalue weighted by Gasteiger charge is -2.72. The van der Waals surface area contributed by atoms with Crippen LogP contribution < -0.4 is 0 Å². The first-order valence-corrected chi connectivity index (χ1v) is 21.3. The number of hydrogen-bond donors (Lipinski definition) is 1. The molecule has 5 aliphatic carbocycles. The van der Waals surface area contributed by atoms with Gasteiger partial charge in [0, 0.05) is 39.1 Å². The molecule has 1 aliphatic heterocycles. The Kier molecular flexibility index (Phi) is 10.7. The van der Waals surface area contributed by atoms with E-state index in [1.807, 2.05) is 30.3 Å². The molecule has 6 fully saturated rings. The van der Waals surface area contributed by atoms with Crippen molar-refractivity contribution < 1.29 is 29.0 Å². The number of esters is 2. The normalized spacial score (nSPS) is 40.0. The minimum atomic E-state index is -0.794. The summed E-state index contributed by atoms with van der Waals surface area (Å²) < 4.78 is 11.6. The first kappa shape index (κ1) is 39.5. The quantitative estimate of drug-likeness (QED) is 0.168. The smallest absolute Gasteiger partial charge is 0.397 e. The first-order valence-electron chi connectivity index (χ1n) is 21.3. The van der Waals surface area contributed by atoms with Crippen molar-refractivity contribution in [2.24, 2.45) is 56.7 Å². The molecule has 7 rings (SSSR count). The zero-order chi connectivity index (χ0) is 38.7. The Hall–Kier alpha value is -2.71. The summed E-state index contributed by atoms with van der Waals surface area (Å²) >= 11 is 0. The van der Waals surface area contributed by atoms with Crippen molar-refractivity contribution >= 4 is 17.8 Å². The highest BCUT2D eigenvalue weighted by Gasteiger charge is 2.72. The largest absolute Gasteiger partial charge is 0.464 e. The zero-order valence-corrected chi connectivity index (χ0v) is 34.2. The Morgan fingerprint density at radius 3 is 2.22 bits per heavy atom. The molecule has 54 heavy (non-hydrogen) atoms. The summed E-state index contributed by atoms with van der Waals surface area (Å²) in [5.74, 6) is 0.848. The lowest BCUT2D eigenvalue weighted by molar-refractivity contribution is -0.248. The SMILES string of the molecule is C=C(C)C1CCC2(C(=O)OCCN3CCN(C(=O)C(=O)OCCc4ccccc4)CC3)CCC3(C)C(CCC4C5(C)CCC(O)C(C)(C)C5CCC43C)C12. The summed E-state index contributed by atoms with van der Waals surface area (Å²) in [7, 11) is 0. The van der Waals surface area contributed by atoms with Gasteiger partial charge in [0.05, 0.1) is 18.1 Å². The molecule has 5 saturated carbocycles. The molecule has 8 nitrogen and oxygen atoms in total. The van der Waals surface area contributed by atoms with Gasteiger partial charge < -0.3 is 19.5 Å². The van der Waals surface area contributed by atoms with Crippen LogP contribution in [-0.4, -0.2) is 84.8 Å². The maximum atomic E-state index is 14.5. The fourth-order valence-electron chi connectivity index (χ4n) is 14.2. The number of carbonyl (C=O) groups is 3. The highest BCUT2D eigenvalue weighted by Crippen LogP contribution is 2.77. The van der Waals surface area contributed by atoms with Crippen LogP contribution in [-0.2, 0) is 30.3 Å². The van der Waals surface area contributed by atoms with Crippen molar-refractivity contribution in [3.8, 4) is 0 Å². The second kappa shape index (κ2) is 14.7. The average molecular weight is 745 g/mol. The molecule has 0 spiro atoms. The van der Waals surface area contributed by atoms with Gasteiger partial charge in [-0.2, -0.15) is 0 Å². The fourth-order valence-corrected chi connectivity index (χ4v) is 14.2. The number of benzene rings is 1. The van der Waals surface area contributed by atoms with Gasteiger partial charge in [0.1, 0.15) is 6.61 Å². The number of nitrogens with zero attached hydrogens (tertiary/aromatic N) is 2. The third-order valence-corrected chi connectivity index (χ3v) is 17.4. The molecular weight excluding hydrogens is 677 g/mol. The standard InChI is InChI=1S/C46H68N2O6/c1-31(2)33-15-21-46(41(52)54-30-28-47-24-26-48(27-25-47)39(50)40(51)53-29-18-32-11-9-8-10-12-32)23-22-44(6)34(38(33)46)13-14-36-43(5)19-17-37(49)42(3,4)35(43)16-20-45(36,44)7/h8-12,33-38,49H,1,13-30H2,2-7H3. The predicted molar refractivity (Wildman–Crippen MR) is 210 cm³/mol. The Labute approximate surface area is 324 Å². The minimum absolute atomic E-state index is 0.00340. The molecule has 1 heterocycles. The second-order valence-electron chi connectivity index (χ2n) is 19.9. The fraction of sp³-hybridized carbons (Fsp3) is 0.761. The Bertz CT molecular complexity index is 1590. The number of rotatable bonds is 8. The minimum Gasteiger partial charge on any atom is -0.464 e. The maximum absolute atomic E-state index is 14.5. The molecule has 0 radical (unpaired) electrons. The molecule has 1 amide bonds. The number of allylic oxidation sites excluding steroid dienone is 1. The number of fused-ring (bicyclic) bond motifs is 7. The predicted octanol–water partition coefficient (Wildman–Crippen LogP) is 7.48. The molecule has 0 aromatic heterocycles. The van der Waals surface area contributed by atoms with E-state index in [2.05, 4.69) is 53.0 Å². The molecule has 0 bridgehead atoms. The Morgan fingerprint density at radius 2 is 1.52 bits per heavy atom. The third-order valence-electron chi connectivity index (χ3n) is 17.4. The van der Waals surface area contributed by atoms with Crippen LogP contribution in [0.3, 0.4) is 0 Å². The molecule has 10 atom stereocenters. The van der Waals surface area contributed by atoms with Gasteiger partial charge in [-0.15, -0.1) is 0 Å². The third kappa shape index (κ3) is 6.37. The van der Waals surface area contributed by atoms with E-state index in [0.717, 1.165) is 50.5 Å². The molecule has 1 N–H and O–H groups in total. The van der Waals surface area contributed by atoms with E-state index in [4.69, 9.17) is 9.47 Å². The molecular formula is C46H68N2O6. The molecule has 1 aromatic carbocycles. The van der Waals surface area contributed by atoms with Crippen LogP contribution in [0.5, 0.6) is 0 Å². The summed E-state index contributed by atoms with van der Waals surface area (Å²) in [6.45, 7) is 22.4. The van der Waals surface area contributed by atoms with Crippen LogP contribution >= 0.6 is 0 Å². The first-order chi connectivity index (χ1) is 25.6. The number of aliphatic hydroxyl groups is 1. The van der Waals surface area contributed by atoms with Gasteiger partial charge >= 0.3 is 17.8 Å². The van der Waals surface area contributed by atoms with E-state index in [1.54, 1.807) is 4.90 Å². The number of aliphatic hydroxyl groups excluding tert-OH is 1. The zero-order valence-electron chi connectivity index (χ0n) is 34.2. The van der Waals surface area contributed by atoms with Crippen molar-refractivity contribution in [1.82, 2.24) is 9.80 Å². The summed E-state index contributed by atoms with van der Waals surface area (Å²) in [4.78, 5) is 43.5. The van der Waals surface area contributed by atoms with E-state index in [9.17, 15) is 19.5 Å². The number of carbonyl (C=O) groups excluding carboxylic acids is 3. The summed E-state index contributed by atoms with van der Waals surface area (Å²) in [6, 6.07) is 9.78. The maximum Gasteiger partial charge on any atom is 0.397 e. The van der Waals surface area contributed by atoms with Gasteiger partial charge in [0.25, 0.3) is 0 Å². The molecule has 10 unspecified atom stereocenters. The Morgan fingerprint density at radius 1 is 0.796 bits per heavy atom. The van der Waals surface area contributed by atoms with E-state index in [1.165, 1.54) is 24.8 Å².